The van der Waals surface area contributed by atoms with Crippen LogP contribution in [-0.4, -0.2) is 46.1 Å². The number of hydrogen-bond acceptors (Lipinski definition) is 7. The molecule has 1 fully saturated rings. The van der Waals surface area contributed by atoms with E-state index in [4.69, 9.17) is 15.0 Å². The first-order chi connectivity index (χ1) is 12.2. The maximum atomic E-state index is 12.5. The zero-order chi connectivity index (χ0) is 17.6. The van der Waals surface area contributed by atoms with Crippen LogP contribution in [0.5, 0.6) is 5.88 Å². The number of anilines is 1. The van der Waals surface area contributed by atoms with Crippen molar-refractivity contribution >= 4 is 11.7 Å². The summed E-state index contributed by atoms with van der Waals surface area (Å²) in [5.74, 6) is 2.06. The highest BCUT2D eigenvalue weighted by Crippen LogP contribution is 2.22. The van der Waals surface area contributed by atoms with Crippen molar-refractivity contribution in [2.24, 2.45) is 5.92 Å². The zero-order valence-electron chi connectivity index (χ0n) is 14.4. The van der Waals surface area contributed by atoms with Crippen LogP contribution < -0.4 is 10.5 Å². The molecule has 1 aliphatic rings. The molecule has 2 N–H and O–H groups in total. The van der Waals surface area contributed by atoms with E-state index in [1.54, 1.807) is 18.5 Å². The summed E-state index contributed by atoms with van der Waals surface area (Å²) in [5, 5.41) is 3.75. The van der Waals surface area contributed by atoms with Crippen LogP contribution in [-0.2, 0) is 17.6 Å². The fraction of sp³-hybridized carbons (Fsp3) is 0.529. The second-order valence-electron chi connectivity index (χ2n) is 6.28. The SMILES string of the molecule is COc1cc(CCC(=O)N2CCC[C@H](Cc3nccnc3N)C2)on1. The molecule has 0 saturated carbocycles. The smallest absolute Gasteiger partial charge is 0.254 e. The van der Waals surface area contributed by atoms with Crippen LogP contribution in [0.2, 0.25) is 0 Å². The highest BCUT2D eigenvalue weighted by Gasteiger charge is 2.25. The number of nitrogens with zero attached hydrogens (tertiary/aromatic N) is 4. The number of likely N-dealkylation sites (tertiary alicyclic amines) is 1. The van der Waals surface area contributed by atoms with E-state index in [2.05, 4.69) is 15.1 Å². The number of carbonyl (C=O) groups excluding carboxylic acids is 1. The highest BCUT2D eigenvalue weighted by molar-refractivity contribution is 5.76. The predicted molar refractivity (Wildman–Crippen MR) is 90.8 cm³/mol. The Kier molecular flexibility index (Phi) is 5.47. The third kappa shape index (κ3) is 4.46. The summed E-state index contributed by atoms with van der Waals surface area (Å²) >= 11 is 0. The fourth-order valence-corrected chi connectivity index (χ4v) is 3.16. The lowest BCUT2D eigenvalue weighted by Crippen LogP contribution is -2.40. The van der Waals surface area contributed by atoms with Gasteiger partial charge >= 0.3 is 0 Å². The summed E-state index contributed by atoms with van der Waals surface area (Å²) in [6, 6.07) is 1.71. The van der Waals surface area contributed by atoms with Gasteiger partial charge in [0.2, 0.25) is 5.91 Å². The maximum Gasteiger partial charge on any atom is 0.254 e. The minimum absolute atomic E-state index is 0.132. The molecule has 1 saturated heterocycles. The molecule has 1 atom stereocenters. The molecule has 3 rings (SSSR count). The molecular weight excluding hydrogens is 322 g/mol. The molecule has 134 valence electrons. The number of methoxy groups -OCH3 is 1. The number of ether oxygens (including phenoxy) is 1. The van der Waals surface area contributed by atoms with E-state index < -0.39 is 0 Å². The number of hydrogen-bond donors (Lipinski definition) is 1. The summed E-state index contributed by atoms with van der Waals surface area (Å²) in [6.07, 6.45) is 6.98. The minimum Gasteiger partial charge on any atom is -0.479 e. The monoisotopic (exact) mass is 345 g/mol. The van der Waals surface area contributed by atoms with Crippen molar-refractivity contribution in [3.05, 3.63) is 29.9 Å². The van der Waals surface area contributed by atoms with Crippen molar-refractivity contribution in [2.45, 2.75) is 32.1 Å². The minimum atomic E-state index is 0.132. The highest BCUT2D eigenvalue weighted by atomic mass is 16.5. The molecular formula is C17H23N5O3. The van der Waals surface area contributed by atoms with E-state index in [0.717, 1.165) is 38.0 Å². The van der Waals surface area contributed by atoms with E-state index in [-0.39, 0.29) is 5.91 Å². The number of nitrogens with two attached hydrogens (primary N) is 1. The van der Waals surface area contributed by atoms with Crippen molar-refractivity contribution in [1.82, 2.24) is 20.0 Å². The van der Waals surface area contributed by atoms with E-state index in [1.165, 1.54) is 7.11 Å². The van der Waals surface area contributed by atoms with Gasteiger partial charge < -0.3 is 19.9 Å². The largest absolute Gasteiger partial charge is 0.479 e. The fourth-order valence-electron chi connectivity index (χ4n) is 3.16. The second-order valence-corrected chi connectivity index (χ2v) is 6.28. The van der Waals surface area contributed by atoms with Crippen molar-refractivity contribution in [3.63, 3.8) is 0 Å². The van der Waals surface area contributed by atoms with Crippen LogP contribution in [0, 0.1) is 5.92 Å². The second kappa shape index (κ2) is 7.96. The van der Waals surface area contributed by atoms with Gasteiger partial charge in [-0.2, -0.15) is 0 Å². The predicted octanol–water partition coefficient (Wildman–Crippen LogP) is 1.47. The molecule has 8 heteroatoms. The first-order valence-electron chi connectivity index (χ1n) is 8.48. The van der Waals surface area contributed by atoms with Gasteiger partial charge in [-0.25, -0.2) is 4.98 Å². The van der Waals surface area contributed by atoms with Crippen LogP contribution in [0.1, 0.15) is 30.7 Å². The topological polar surface area (TPSA) is 107 Å². The standard InChI is InChI=1S/C17H23N5O3/c1-24-15-10-13(25-21-15)4-5-16(23)22-8-2-3-12(11-22)9-14-17(18)20-7-6-19-14/h6-7,10,12H,2-5,8-9,11H2,1H3,(H2,18,20)/t12-/m1/s1. The number of piperidine rings is 1. The Labute approximate surface area is 146 Å². The third-order valence-corrected chi connectivity index (χ3v) is 4.49. The lowest BCUT2D eigenvalue weighted by molar-refractivity contribution is -0.133. The molecule has 0 aromatic carbocycles. The van der Waals surface area contributed by atoms with E-state index in [0.29, 0.717) is 36.2 Å². The van der Waals surface area contributed by atoms with E-state index in [9.17, 15) is 4.79 Å². The first kappa shape index (κ1) is 17.2. The van der Waals surface area contributed by atoms with Gasteiger partial charge in [0.15, 0.2) is 0 Å². The number of aryl methyl sites for hydroxylation is 1. The van der Waals surface area contributed by atoms with Crippen molar-refractivity contribution < 1.29 is 14.1 Å². The summed E-state index contributed by atoms with van der Waals surface area (Å²) < 4.78 is 10.1. The van der Waals surface area contributed by atoms with Gasteiger partial charge in [0.05, 0.1) is 12.8 Å². The van der Waals surface area contributed by atoms with Gasteiger partial charge in [-0.05, 0) is 30.3 Å². The summed E-state index contributed by atoms with van der Waals surface area (Å²) in [7, 11) is 1.53. The zero-order valence-corrected chi connectivity index (χ0v) is 14.4. The molecule has 8 nitrogen and oxygen atoms in total. The van der Waals surface area contributed by atoms with Crippen molar-refractivity contribution in [1.29, 1.82) is 0 Å². The average Bonchev–Trinajstić information content (AvgIpc) is 3.10. The van der Waals surface area contributed by atoms with Crippen LogP contribution in [0.25, 0.3) is 0 Å². The average molecular weight is 345 g/mol. The van der Waals surface area contributed by atoms with E-state index >= 15 is 0 Å². The summed E-state index contributed by atoms with van der Waals surface area (Å²) in [4.78, 5) is 22.8. The Morgan fingerprint density at radius 3 is 3.04 bits per heavy atom. The molecule has 2 aromatic heterocycles. The van der Waals surface area contributed by atoms with Gasteiger partial charge in [0.25, 0.3) is 5.88 Å². The maximum absolute atomic E-state index is 12.5. The van der Waals surface area contributed by atoms with Gasteiger partial charge in [-0.1, -0.05) is 0 Å². The quantitative estimate of drug-likeness (QED) is 0.844. The van der Waals surface area contributed by atoms with Crippen molar-refractivity contribution in [2.75, 3.05) is 25.9 Å². The Balaban J connectivity index is 1.51. The van der Waals surface area contributed by atoms with E-state index in [1.807, 2.05) is 4.90 Å². The number of rotatable bonds is 6. The molecule has 0 spiro atoms. The Hall–Kier alpha value is -2.64. The third-order valence-electron chi connectivity index (χ3n) is 4.49. The summed E-state index contributed by atoms with van der Waals surface area (Å²) in [5.41, 5.74) is 6.69. The molecule has 1 aliphatic heterocycles. The first-order valence-corrected chi connectivity index (χ1v) is 8.48. The molecule has 0 bridgehead atoms. The van der Waals surface area contributed by atoms with Crippen LogP contribution in [0.4, 0.5) is 5.82 Å². The molecule has 2 aromatic rings. The molecule has 25 heavy (non-hydrogen) atoms. The Morgan fingerprint density at radius 1 is 1.44 bits per heavy atom. The summed E-state index contributed by atoms with van der Waals surface area (Å²) in [6.45, 7) is 1.53. The van der Waals surface area contributed by atoms with Gasteiger partial charge in [-0.15, -0.1) is 0 Å². The molecule has 0 aliphatic carbocycles. The number of aromatic nitrogens is 3. The van der Waals surface area contributed by atoms with Crippen LogP contribution >= 0.6 is 0 Å². The van der Waals surface area contributed by atoms with Crippen molar-refractivity contribution in [3.8, 4) is 5.88 Å². The lowest BCUT2D eigenvalue weighted by Gasteiger charge is -2.32. The molecule has 3 heterocycles. The van der Waals surface area contributed by atoms with Gasteiger partial charge in [0, 0.05) is 44.4 Å². The van der Waals surface area contributed by atoms with Crippen LogP contribution in [0.3, 0.4) is 0 Å². The lowest BCUT2D eigenvalue weighted by atomic mass is 9.93. The van der Waals surface area contributed by atoms with Gasteiger partial charge in [0.1, 0.15) is 11.6 Å². The molecule has 0 unspecified atom stereocenters. The number of carbonyl (C=O) groups is 1. The number of nitrogen functional groups attached to an aromatic ring is 1. The van der Waals surface area contributed by atoms with Crippen LogP contribution in [0.15, 0.2) is 23.0 Å². The molecule has 1 amide bonds. The molecule has 0 radical (unpaired) electrons. The Morgan fingerprint density at radius 2 is 2.28 bits per heavy atom. The Bertz CT molecular complexity index is 718. The van der Waals surface area contributed by atoms with Gasteiger partial charge in [-0.3, -0.25) is 9.78 Å². The normalized spacial score (nSPS) is 17.5. The number of amides is 1.